The Morgan fingerprint density at radius 3 is 2.30 bits per heavy atom. The van der Waals surface area contributed by atoms with Crippen molar-refractivity contribution < 1.29 is 22.7 Å². The molecule has 0 spiro atoms. The summed E-state index contributed by atoms with van der Waals surface area (Å²) in [6.45, 7) is 5.27. The standard InChI is InChI=1S/C24H33N3O5S/c1-4-32-22-11-7-19(17-23(22)31-3)8-12-24(28)25-18-20-5-9-21(10-6-20)33(29,30)27-15-13-26(2)14-16-27/h5-7,9-11,17H,4,8,12-16,18H2,1-3H3,(H,25,28). The molecule has 1 saturated heterocycles. The molecule has 8 nitrogen and oxygen atoms in total. The van der Waals surface area contributed by atoms with Crippen molar-refractivity contribution in [3.05, 3.63) is 53.6 Å². The van der Waals surface area contributed by atoms with Gasteiger partial charge in [-0.3, -0.25) is 4.79 Å². The van der Waals surface area contributed by atoms with Gasteiger partial charge in [0.1, 0.15) is 0 Å². The number of ether oxygens (including phenoxy) is 2. The van der Waals surface area contributed by atoms with Crippen LogP contribution in [0.25, 0.3) is 0 Å². The molecule has 1 amide bonds. The van der Waals surface area contributed by atoms with Crippen LogP contribution < -0.4 is 14.8 Å². The van der Waals surface area contributed by atoms with Gasteiger partial charge in [-0.15, -0.1) is 0 Å². The molecular weight excluding hydrogens is 442 g/mol. The first-order chi connectivity index (χ1) is 15.8. The number of amides is 1. The van der Waals surface area contributed by atoms with Gasteiger partial charge < -0.3 is 19.7 Å². The number of nitrogens with one attached hydrogen (secondary N) is 1. The van der Waals surface area contributed by atoms with Gasteiger partial charge in [-0.25, -0.2) is 8.42 Å². The van der Waals surface area contributed by atoms with E-state index in [1.165, 1.54) is 4.31 Å². The smallest absolute Gasteiger partial charge is 0.243 e. The second-order valence-electron chi connectivity index (χ2n) is 8.05. The number of sulfonamides is 1. The van der Waals surface area contributed by atoms with E-state index in [9.17, 15) is 13.2 Å². The highest BCUT2D eigenvalue weighted by Gasteiger charge is 2.27. The summed E-state index contributed by atoms with van der Waals surface area (Å²) in [5.41, 5.74) is 1.84. The van der Waals surface area contributed by atoms with E-state index >= 15 is 0 Å². The number of rotatable bonds is 10. The highest BCUT2D eigenvalue weighted by atomic mass is 32.2. The molecule has 0 radical (unpaired) electrons. The molecule has 2 aromatic carbocycles. The Kier molecular flexibility index (Phi) is 8.71. The summed E-state index contributed by atoms with van der Waals surface area (Å²) in [4.78, 5) is 14.7. The highest BCUT2D eigenvalue weighted by Crippen LogP contribution is 2.28. The van der Waals surface area contributed by atoms with Gasteiger partial charge in [0.05, 0.1) is 18.6 Å². The number of aryl methyl sites for hydroxylation is 1. The number of hydrogen-bond acceptors (Lipinski definition) is 6. The van der Waals surface area contributed by atoms with Crippen LogP contribution >= 0.6 is 0 Å². The predicted molar refractivity (Wildman–Crippen MR) is 127 cm³/mol. The maximum Gasteiger partial charge on any atom is 0.243 e. The summed E-state index contributed by atoms with van der Waals surface area (Å²) in [6, 6.07) is 12.4. The second kappa shape index (κ2) is 11.5. The molecule has 1 heterocycles. The third-order valence-electron chi connectivity index (χ3n) is 5.68. The van der Waals surface area contributed by atoms with Crippen LogP contribution in [0.2, 0.25) is 0 Å². The Bertz CT molecular complexity index is 1030. The van der Waals surface area contributed by atoms with E-state index in [0.29, 0.717) is 50.6 Å². The quantitative estimate of drug-likeness (QED) is 0.567. The number of methoxy groups -OCH3 is 1. The van der Waals surface area contributed by atoms with E-state index in [1.807, 2.05) is 32.2 Å². The number of carbonyl (C=O) groups excluding carboxylic acids is 1. The molecule has 1 aliphatic rings. The third kappa shape index (κ3) is 6.69. The maximum atomic E-state index is 12.8. The number of hydrogen-bond donors (Lipinski definition) is 1. The van der Waals surface area contributed by atoms with Crippen LogP contribution in [0.4, 0.5) is 0 Å². The zero-order valence-corrected chi connectivity index (χ0v) is 20.4. The summed E-state index contributed by atoms with van der Waals surface area (Å²) in [7, 11) is 0.0961. The lowest BCUT2D eigenvalue weighted by atomic mass is 10.1. The van der Waals surface area contributed by atoms with Crippen molar-refractivity contribution in [3.63, 3.8) is 0 Å². The van der Waals surface area contributed by atoms with Crippen molar-refractivity contribution >= 4 is 15.9 Å². The molecule has 3 rings (SSSR count). The van der Waals surface area contributed by atoms with Crippen molar-refractivity contribution in [1.82, 2.24) is 14.5 Å². The topological polar surface area (TPSA) is 88.2 Å². The van der Waals surface area contributed by atoms with E-state index in [0.717, 1.165) is 24.2 Å². The fourth-order valence-electron chi connectivity index (χ4n) is 3.65. The van der Waals surface area contributed by atoms with Gasteiger partial charge in [-0.2, -0.15) is 4.31 Å². The summed E-state index contributed by atoms with van der Waals surface area (Å²) >= 11 is 0. The average Bonchev–Trinajstić information content (AvgIpc) is 2.82. The zero-order valence-electron chi connectivity index (χ0n) is 19.5. The lowest BCUT2D eigenvalue weighted by molar-refractivity contribution is -0.121. The van der Waals surface area contributed by atoms with Crippen molar-refractivity contribution in [1.29, 1.82) is 0 Å². The maximum absolute atomic E-state index is 12.8. The summed E-state index contributed by atoms with van der Waals surface area (Å²) < 4.78 is 38.0. The normalized spacial score (nSPS) is 15.2. The van der Waals surface area contributed by atoms with E-state index in [-0.39, 0.29) is 10.8 Å². The van der Waals surface area contributed by atoms with Gasteiger partial charge in [0.2, 0.25) is 15.9 Å². The zero-order chi connectivity index (χ0) is 23.8. The van der Waals surface area contributed by atoms with Crippen LogP contribution in [0, 0.1) is 0 Å². The molecule has 0 saturated carbocycles. The lowest BCUT2D eigenvalue weighted by Crippen LogP contribution is -2.47. The van der Waals surface area contributed by atoms with Crippen LogP contribution in [0.3, 0.4) is 0 Å². The first-order valence-corrected chi connectivity index (χ1v) is 12.6. The van der Waals surface area contributed by atoms with Gasteiger partial charge in [0.25, 0.3) is 0 Å². The fourth-order valence-corrected chi connectivity index (χ4v) is 5.07. The first-order valence-electron chi connectivity index (χ1n) is 11.2. The van der Waals surface area contributed by atoms with E-state index in [1.54, 1.807) is 31.4 Å². The predicted octanol–water partition coefficient (Wildman–Crippen LogP) is 2.28. The molecular formula is C24H33N3O5S. The van der Waals surface area contributed by atoms with Gasteiger partial charge >= 0.3 is 0 Å². The van der Waals surface area contributed by atoms with Crippen LogP contribution in [0.5, 0.6) is 11.5 Å². The van der Waals surface area contributed by atoms with Gasteiger partial charge in [0.15, 0.2) is 11.5 Å². The van der Waals surface area contributed by atoms with Crippen LogP contribution in [-0.2, 0) is 27.8 Å². The van der Waals surface area contributed by atoms with E-state index < -0.39 is 10.0 Å². The monoisotopic (exact) mass is 475 g/mol. The minimum Gasteiger partial charge on any atom is -0.493 e. The van der Waals surface area contributed by atoms with Crippen LogP contribution in [0.15, 0.2) is 47.4 Å². The lowest BCUT2D eigenvalue weighted by Gasteiger charge is -2.31. The van der Waals surface area contributed by atoms with Gasteiger partial charge in [0, 0.05) is 39.1 Å². The Labute approximate surface area is 196 Å². The molecule has 33 heavy (non-hydrogen) atoms. The minimum absolute atomic E-state index is 0.0722. The minimum atomic E-state index is -3.49. The van der Waals surface area contributed by atoms with Crippen LogP contribution in [-0.4, -0.2) is 70.5 Å². The van der Waals surface area contributed by atoms with Crippen molar-refractivity contribution in [2.24, 2.45) is 0 Å². The largest absolute Gasteiger partial charge is 0.493 e. The molecule has 0 bridgehead atoms. The Morgan fingerprint density at radius 2 is 1.67 bits per heavy atom. The summed E-state index contributed by atoms with van der Waals surface area (Å²) in [5, 5.41) is 2.90. The Balaban J connectivity index is 1.49. The SMILES string of the molecule is CCOc1ccc(CCC(=O)NCc2ccc(S(=O)(=O)N3CCN(C)CC3)cc2)cc1OC. The molecule has 1 N–H and O–H groups in total. The van der Waals surface area contributed by atoms with E-state index in [2.05, 4.69) is 10.2 Å². The van der Waals surface area contributed by atoms with Crippen LogP contribution in [0.1, 0.15) is 24.5 Å². The van der Waals surface area contributed by atoms with Gasteiger partial charge in [-0.1, -0.05) is 18.2 Å². The van der Waals surface area contributed by atoms with Crippen molar-refractivity contribution in [2.45, 2.75) is 31.2 Å². The molecule has 9 heteroatoms. The van der Waals surface area contributed by atoms with Crippen molar-refractivity contribution in [3.8, 4) is 11.5 Å². The summed E-state index contributed by atoms with van der Waals surface area (Å²) in [5.74, 6) is 1.27. The number of carbonyl (C=O) groups is 1. The molecule has 0 unspecified atom stereocenters. The number of likely N-dealkylation sites (N-methyl/N-ethyl adjacent to an activating group) is 1. The van der Waals surface area contributed by atoms with Crippen molar-refractivity contribution in [2.75, 3.05) is 46.9 Å². The molecule has 1 aliphatic heterocycles. The summed E-state index contributed by atoms with van der Waals surface area (Å²) in [6.07, 6.45) is 0.920. The molecule has 0 atom stereocenters. The van der Waals surface area contributed by atoms with Gasteiger partial charge in [-0.05, 0) is 55.8 Å². The number of benzene rings is 2. The molecule has 0 aliphatic carbocycles. The third-order valence-corrected chi connectivity index (χ3v) is 7.59. The highest BCUT2D eigenvalue weighted by molar-refractivity contribution is 7.89. The Hall–Kier alpha value is -2.62. The van der Waals surface area contributed by atoms with E-state index in [4.69, 9.17) is 9.47 Å². The number of nitrogens with zero attached hydrogens (tertiary/aromatic N) is 2. The molecule has 1 fully saturated rings. The second-order valence-corrected chi connectivity index (χ2v) is 9.98. The fraction of sp³-hybridized carbons (Fsp3) is 0.458. The Morgan fingerprint density at radius 1 is 1.00 bits per heavy atom. The molecule has 0 aromatic heterocycles. The average molecular weight is 476 g/mol. The molecule has 180 valence electrons. The molecule has 2 aromatic rings. The number of piperazine rings is 1. The first kappa shape index (κ1) is 25.0.